The molecule has 0 saturated carbocycles. The second-order valence-electron chi connectivity index (χ2n) is 5.96. The lowest BCUT2D eigenvalue weighted by molar-refractivity contribution is -0.131. The Labute approximate surface area is 139 Å². The summed E-state index contributed by atoms with van der Waals surface area (Å²) in [7, 11) is 1.57. The first-order chi connectivity index (χ1) is 11.7. The molecule has 1 aliphatic heterocycles. The molecular weight excluding hydrogens is 313 g/mol. The fourth-order valence-corrected chi connectivity index (χ4v) is 2.92. The Morgan fingerprint density at radius 2 is 2.21 bits per heavy atom. The minimum Gasteiger partial charge on any atom is -0.375 e. The summed E-state index contributed by atoms with van der Waals surface area (Å²) in [6, 6.07) is 6.03. The van der Waals surface area contributed by atoms with E-state index in [1.54, 1.807) is 19.2 Å². The number of methoxy groups -OCH3 is 1. The number of hydrogen-bond acceptors (Lipinski definition) is 5. The van der Waals surface area contributed by atoms with Crippen molar-refractivity contribution in [1.29, 1.82) is 0 Å². The van der Waals surface area contributed by atoms with Gasteiger partial charge in [-0.25, -0.2) is 4.39 Å². The maximum Gasteiger partial charge on any atom is 0.252 e. The lowest BCUT2D eigenvalue weighted by Crippen LogP contribution is -2.40. The molecule has 1 atom stereocenters. The molecule has 0 aliphatic carbocycles. The molecule has 3 rings (SSSR count). The molecule has 1 aliphatic rings. The number of hydrogen-bond donors (Lipinski definition) is 0. The monoisotopic (exact) mass is 333 g/mol. The van der Waals surface area contributed by atoms with Crippen LogP contribution in [0, 0.1) is 5.82 Å². The van der Waals surface area contributed by atoms with E-state index in [0.29, 0.717) is 18.3 Å². The van der Waals surface area contributed by atoms with Crippen molar-refractivity contribution in [3.63, 3.8) is 0 Å². The summed E-state index contributed by atoms with van der Waals surface area (Å²) in [4.78, 5) is 18.6. The molecule has 24 heavy (non-hydrogen) atoms. The van der Waals surface area contributed by atoms with Gasteiger partial charge in [0.1, 0.15) is 12.4 Å². The van der Waals surface area contributed by atoms with Gasteiger partial charge in [0.25, 0.3) is 5.89 Å². The van der Waals surface area contributed by atoms with E-state index in [0.717, 1.165) is 24.9 Å². The minimum atomic E-state index is -0.298. The van der Waals surface area contributed by atoms with E-state index in [-0.39, 0.29) is 30.7 Å². The largest absolute Gasteiger partial charge is 0.375 e. The van der Waals surface area contributed by atoms with Crippen LogP contribution in [0.5, 0.6) is 0 Å². The highest BCUT2D eigenvalue weighted by molar-refractivity contribution is 5.78. The lowest BCUT2D eigenvalue weighted by atomic mass is 9.97. The van der Waals surface area contributed by atoms with Crippen LogP contribution in [0.3, 0.4) is 0 Å². The van der Waals surface area contributed by atoms with Crippen molar-refractivity contribution in [3.8, 4) is 0 Å². The number of rotatable bonds is 5. The highest BCUT2D eigenvalue weighted by Crippen LogP contribution is 2.25. The van der Waals surface area contributed by atoms with Gasteiger partial charge in [0, 0.05) is 26.1 Å². The molecule has 1 fully saturated rings. The summed E-state index contributed by atoms with van der Waals surface area (Å²) in [6.45, 7) is 1.58. The zero-order valence-electron chi connectivity index (χ0n) is 13.6. The average Bonchev–Trinajstić information content (AvgIpc) is 3.06. The molecule has 7 heteroatoms. The van der Waals surface area contributed by atoms with E-state index < -0.39 is 0 Å². The molecule has 0 bridgehead atoms. The summed E-state index contributed by atoms with van der Waals surface area (Å²) < 4.78 is 23.1. The third-order valence-electron chi connectivity index (χ3n) is 4.16. The van der Waals surface area contributed by atoms with Crippen LogP contribution < -0.4 is 0 Å². The number of amides is 1. The second kappa shape index (κ2) is 7.53. The van der Waals surface area contributed by atoms with Crippen molar-refractivity contribution >= 4 is 5.91 Å². The fraction of sp³-hybridized carbons (Fsp3) is 0.471. The van der Waals surface area contributed by atoms with Crippen LogP contribution in [0.25, 0.3) is 0 Å². The first kappa shape index (κ1) is 16.6. The Morgan fingerprint density at radius 3 is 2.96 bits per heavy atom. The Bertz CT molecular complexity index is 687. The summed E-state index contributed by atoms with van der Waals surface area (Å²) in [5, 5.41) is 4.00. The van der Waals surface area contributed by atoms with Gasteiger partial charge in [-0.05, 0) is 30.5 Å². The van der Waals surface area contributed by atoms with Gasteiger partial charge in [-0.3, -0.25) is 4.79 Å². The van der Waals surface area contributed by atoms with Gasteiger partial charge < -0.3 is 14.2 Å². The molecular formula is C17H20FN3O3. The van der Waals surface area contributed by atoms with Crippen LogP contribution in [0.2, 0.25) is 0 Å². The fourth-order valence-electron chi connectivity index (χ4n) is 2.92. The van der Waals surface area contributed by atoms with Gasteiger partial charge in [0.2, 0.25) is 5.91 Å². The number of nitrogens with zero attached hydrogens (tertiary/aromatic N) is 3. The highest BCUT2D eigenvalue weighted by atomic mass is 19.1. The molecule has 0 spiro atoms. The number of benzene rings is 1. The van der Waals surface area contributed by atoms with Crippen molar-refractivity contribution < 1.29 is 18.4 Å². The average molecular weight is 333 g/mol. The van der Waals surface area contributed by atoms with E-state index >= 15 is 0 Å². The summed E-state index contributed by atoms with van der Waals surface area (Å²) in [6.07, 6.45) is 2.09. The number of carbonyl (C=O) groups excluding carboxylic acids is 1. The zero-order valence-corrected chi connectivity index (χ0v) is 13.6. The first-order valence-corrected chi connectivity index (χ1v) is 7.99. The predicted octanol–water partition coefficient (Wildman–Crippen LogP) is 2.30. The SMILES string of the molecule is COCc1nc(C2CCCN(C(=O)Cc3ccc(F)cc3)C2)no1. The van der Waals surface area contributed by atoms with E-state index in [2.05, 4.69) is 10.1 Å². The van der Waals surface area contributed by atoms with Crippen LogP contribution in [-0.2, 0) is 22.6 Å². The smallest absolute Gasteiger partial charge is 0.252 e. The molecule has 1 aromatic carbocycles. The van der Waals surface area contributed by atoms with Crippen molar-refractivity contribution in [2.24, 2.45) is 0 Å². The summed E-state index contributed by atoms with van der Waals surface area (Å²) in [5.41, 5.74) is 0.811. The molecule has 2 aromatic rings. The van der Waals surface area contributed by atoms with Gasteiger partial charge in [0.15, 0.2) is 5.82 Å². The standard InChI is InChI=1S/C17H20FN3O3/c1-23-11-15-19-17(20-24-15)13-3-2-8-21(10-13)16(22)9-12-4-6-14(18)7-5-12/h4-7,13H,2-3,8-11H2,1H3. The number of likely N-dealkylation sites (tertiary alicyclic amines) is 1. The number of ether oxygens (including phenoxy) is 1. The molecule has 6 nitrogen and oxygen atoms in total. The third-order valence-corrected chi connectivity index (χ3v) is 4.16. The lowest BCUT2D eigenvalue weighted by Gasteiger charge is -2.31. The topological polar surface area (TPSA) is 68.5 Å². The number of halogens is 1. The normalized spacial score (nSPS) is 17.9. The Hall–Kier alpha value is -2.28. The molecule has 2 heterocycles. The van der Waals surface area contributed by atoms with Crippen molar-refractivity contribution in [2.45, 2.75) is 31.8 Å². The number of piperidine rings is 1. The number of carbonyl (C=O) groups is 1. The highest BCUT2D eigenvalue weighted by Gasteiger charge is 2.28. The zero-order chi connectivity index (χ0) is 16.9. The van der Waals surface area contributed by atoms with E-state index in [4.69, 9.17) is 9.26 Å². The molecule has 1 saturated heterocycles. The molecule has 1 unspecified atom stereocenters. The Kier molecular flexibility index (Phi) is 5.20. The molecule has 1 amide bonds. The molecule has 0 radical (unpaired) electrons. The van der Waals surface area contributed by atoms with Crippen molar-refractivity contribution in [3.05, 3.63) is 47.4 Å². The van der Waals surface area contributed by atoms with Gasteiger partial charge >= 0.3 is 0 Å². The predicted molar refractivity (Wildman–Crippen MR) is 83.7 cm³/mol. The van der Waals surface area contributed by atoms with E-state index in [9.17, 15) is 9.18 Å². The molecule has 1 aromatic heterocycles. The number of aromatic nitrogens is 2. The Balaban J connectivity index is 1.61. The van der Waals surface area contributed by atoms with Crippen LogP contribution in [0.15, 0.2) is 28.8 Å². The third kappa shape index (κ3) is 3.97. The summed E-state index contributed by atoms with van der Waals surface area (Å²) in [5.74, 6) is 0.883. The van der Waals surface area contributed by atoms with Crippen molar-refractivity contribution in [2.75, 3.05) is 20.2 Å². The maximum atomic E-state index is 12.9. The first-order valence-electron chi connectivity index (χ1n) is 7.99. The molecule has 128 valence electrons. The van der Waals surface area contributed by atoms with Crippen LogP contribution >= 0.6 is 0 Å². The van der Waals surface area contributed by atoms with Crippen LogP contribution in [0.1, 0.15) is 36.0 Å². The molecule has 0 N–H and O–H groups in total. The van der Waals surface area contributed by atoms with Gasteiger partial charge in [-0.15, -0.1) is 0 Å². The summed E-state index contributed by atoms with van der Waals surface area (Å²) >= 11 is 0. The second-order valence-corrected chi connectivity index (χ2v) is 5.96. The maximum absolute atomic E-state index is 12.9. The van der Waals surface area contributed by atoms with Gasteiger partial charge in [-0.2, -0.15) is 4.98 Å². The quantitative estimate of drug-likeness (QED) is 0.840. The van der Waals surface area contributed by atoms with E-state index in [1.165, 1.54) is 12.1 Å². The van der Waals surface area contributed by atoms with E-state index in [1.807, 2.05) is 4.90 Å². The van der Waals surface area contributed by atoms with Crippen molar-refractivity contribution in [1.82, 2.24) is 15.0 Å². The van der Waals surface area contributed by atoms with Crippen LogP contribution in [-0.4, -0.2) is 41.1 Å². The Morgan fingerprint density at radius 1 is 1.42 bits per heavy atom. The van der Waals surface area contributed by atoms with Gasteiger partial charge in [0.05, 0.1) is 6.42 Å². The minimum absolute atomic E-state index is 0.0342. The van der Waals surface area contributed by atoms with Gasteiger partial charge in [-0.1, -0.05) is 17.3 Å². The van der Waals surface area contributed by atoms with Crippen LogP contribution in [0.4, 0.5) is 4.39 Å².